The number of hydrogen-bond donors (Lipinski definition) is 0. The van der Waals surface area contributed by atoms with Crippen molar-refractivity contribution in [3.63, 3.8) is 0 Å². The molecule has 0 aromatic rings. The van der Waals surface area contributed by atoms with Gasteiger partial charge < -0.3 is 0 Å². The minimum absolute atomic E-state index is 0.962. The van der Waals surface area contributed by atoms with Crippen LogP contribution in [0.25, 0.3) is 0 Å². The molecule has 56 valence electrons. The largest absolute Gasteiger partial charge is 0.0763 e. The van der Waals surface area contributed by atoms with E-state index < -0.39 is 8.07 Å². The summed E-state index contributed by atoms with van der Waals surface area (Å²) in [5.74, 6) is 0. The lowest BCUT2D eigenvalue weighted by Crippen LogP contribution is -2.22. The van der Waals surface area contributed by atoms with Crippen molar-refractivity contribution in [1.82, 2.24) is 0 Å². The molecule has 1 aliphatic rings. The third-order valence-electron chi connectivity index (χ3n) is 1.79. The van der Waals surface area contributed by atoms with E-state index in [0.29, 0.717) is 0 Å². The molecule has 0 spiro atoms. The van der Waals surface area contributed by atoms with Crippen LogP contribution in [0.4, 0.5) is 0 Å². The number of allylic oxidation sites excluding steroid dienone is 4. The molecule has 0 aliphatic heterocycles. The van der Waals surface area contributed by atoms with Crippen LogP contribution in [0, 0.1) is 0 Å². The lowest BCUT2D eigenvalue weighted by molar-refractivity contribution is 1.35. The molecule has 1 rings (SSSR count). The van der Waals surface area contributed by atoms with Gasteiger partial charge in [-0.1, -0.05) is 37.0 Å². The first kappa shape index (κ1) is 8.52. The second-order valence-electron chi connectivity index (χ2n) is 3.71. The zero-order chi connectivity index (χ0) is 7.78. The van der Waals surface area contributed by atoms with Crippen LogP contribution in [0.15, 0.2) is 20.9 Å². The summed E-state index contributed by atoms with van der Waals surface area (Å²) in [6.07, 6.45) is 5.88. The van der Waals surface area contributed by atoms with Gasteiger partial charge in [-0.2, -0.15) is 0 Å². The summed E-state index contributed by atoms with van der Waals surface area (Å²) in [4.78, 5) is 0. The van der Waals surface area contributed by atoms with E-state index in [-0.39, 0.29) is 0 Å². The molecule has 1 aliphatic carbocycles. The first-order valence-electron chi connectivity index (χ1n) is 3.57. The number of rotatable bonds is 1. The molecule has 2 heteroatoms. The van der Waals surface area contributed by atoms with Gasteiger partial charge in [-0.3, -0.25) is 0 Å². The third-order valence-corrected chi connectivity index (χ3v) is 4.82. The first-order chi connectivity index (χ1) is 4.50. The topological polar surface area (TPSA) is 0 Å². The lowest BCUT2D eigenvalue weighted by Gasteiger charge is -2.16. The van der Waals surface area contributed by atoms with Gasteiger partial charge in [0.1, 0.15) is 0 Å². The predicted octanol–water partition coefficient (Wildman–Crippen LogP) is 3.51. The Balaban J connectivity index is 2.73. The molecule has 10 heavy (non-hydrogen) atoms. The van der Waals surface area contributed by atoms with Crippen LogP contribution in [0.1, 0.15) is 6.42 Å². The van der Waals surface area contributed by atoms with Crippen molar-refractivity contribution in [1.29, 1.82) is 0 Å². The van der Waals surface area contributed by atoms with Crippen molar-refractivity contribution >= 4 is 30.7 Å². The van der Waals surface area contributed by atoms with Gasteiger partial charge in [0.15, 0.2) is 0 Å². The summed E-state index contributed by atoms with van der Waals surface area (Å²) < 4.78 is 1.43. The van der Waals surface area contributed by atoms with Gasteiger partial charge in [-0.15, -0.1) is 0 Å². The van der Waals surface area contributed by atoms with Crippen molar-refractivity contribution in [2.45, 2.75) is 26.1 Å². The Kier molecular flexibility index (Phi) is 2.40. The van der Waals surface area contributed by atoms with Gasteiger partial charge in [0.2, 0.25) is 0 Å². The Hall–Kier alpha value is 0.427. The minimum atomic E-state index is -0.962. The highest BCUT2D eigenvalue weighted by Gasteiger charge is 2.20. The molecule has 0 nitrogen and oxygen atoms in total. The highest BCUT2D eigenvalue weighted by Crippen LogP contribution is 2.28. The summed E-state index contributed by atoms with van der Waals surface area (Å²) in [6, 6.07) is 0. The molecule has 0 saturated heterocycles. The standard InChI is InChI=1S/C8H13ISi/c1-10(2,3)8-5-4-7(9)6-8/h4,6H,5H2,1-3H3. The van der Waals surface area contributed by atoms with Crippen LogP contribution in [-0.2, 0) is 0 Å². The summed E-state index contributed by atoms with van der Waals surface area (Å²) in [5.41, 5.74) is 0. The van der Waals surface area contributed by atoms with Crippen molar-refractivity contribution in [2.24, 2.45) is 0 Å². The average Bonchev–Trinajstić information content (AvgIpc) is 2.11. The Labute approximate surface area is 77.6 Å². The van der Waals surface area contributed by atoms with E-state index in [0.717, 1.165) is 0 Å². The van der Waals surface area contributed by atoms with Crippen LogP contribution in [0.3, 0.4) is 0 Å². The third kappa shape index (κ3) is 1.95. The van der Waals surface area contributed by atoms with Crippen molar-refractivity contribution < 1.29 is 0 Å². The molecule has 0 heterocycles. The number of halogens is 1. The zero-order valence-corrected chi connectivity index (χ0v) is 9.90. The molecule has 0 bridgehead atoms. The maximum atomic E-state index is 2.40. The lowest BCUT2D eigenvalue weighted by atomic mass is 10.5. The number of hydrogen-bond acceptors (Lipinski definition) is 0. The van der Waals surface area contributed by atoms with E-state index in [1.165, 1.54) is 10.0 Å². The zero-order valence-electron chi connectivity index (χ0n) is 6.74. The Morgan fingerprint density at radius 3 is 2.20 bits per heavy atom. The van der Waals surface area contributed by atoms with E-state index in [2.05, 4.69) is 54.4 Å². The van der Waals surface area contributed by atoms with E-state index >= 15 is 0 Å². The normalized spacial score (nSPS) is 18.8. The van der Waals surface area contributed by atoms with Gasteiger partial charge in [0, 0.05) is 3.58 Å². The maximum Gasteiger partial charge on any atom is 0.0728 e. The van der Waals surface area contributed by atoms with Gasteiger partial charge in [-0.05, 0) is 29.0 Å². The van der Waals surface area contributed by atoms with E-state index in [9.17, 15) is 0 Å². The summed E-state index contributed by atoms with van der Waals surface area (Å²) in [6.45, 7) is 7.21. The van der Waals surface area contributed by atoms with Crippen LogP contribution in [0.5, 0.6) is 0 Å². The summed E-state index contributed by atoms with van der Waals surface area (Å²) >= 11 is 2.39. The van der Waals surface area contributed by atoms with Gasteiger partial charge in [0.05, 0.1) is 8.07 Å². The van der Waals surface area contributed by atoms with Gasteiger partial charge in [0.25, 0.3) is 0 Å². The van der Waals surface area contributed by atoms with Crippen LogP contribution < -0.4 is 0 Å². The minimum Gasteiger partial charge on any atom is -0.0763 e. The van der Waals surface area contributed by atoms with Crippen molar-refractivity contribution in [3.8, 4) is 0 Å². The molecule has 0 amide bonds. The molecule has 0 atom stereocenters. The maximum absolute atomic E-state index is 2.40. The van der Waals surface area contributed by atoms with Crippen LogP contribution >= 0.6 is 22.6 Å². The molecular weight excluding hydrogens is 251 g/mol. The van der Waals surface area contributed by atoms with Crippen molar-refractivity contribution in [3.05, 3.63) is 20.9 Å². The monoisotopic (exact) mass is 264 g/mol. The van der Waals surface area contributed by atoms with Crippen molar-refractivity contribution in [2.75, 3.05) is 0 Å². The van der Waals surface area contributed by atoms with E-state index in [4.69, 9.17) is 0 Å². The molecule has 0 aromatic heterocycles. The average molecular weight is 264 g/mol. The Morgan fingerprint density at radius 1 is 1.40 bits per heavy atom. The summed E-state index contributed by atoms with van der Waals surface area (Å²) in [7, 11) is -0.962. The Bertz CT molecular complexity index is 196. The van der Waals surface area contributed by atoms with Gasteiger partial charge in [-0.25, -0.2) is 0 Å². The Morgan fingerprint density at radius 2 is 2.00 bits per heavy atom. The molecule has 0 unspecified atom stereocenters. The molecule has 0 saturated carbocycles. The highest BCUT2D eigenvalue weighted by atomic mass is 127. The molecule has 0 N–H and O–H groups in total. The molecule has 0 fully saturated rings. The second-order valence-corrected chi connectivity index (χ2v) is 10.1. The van der Waals surface area contributed by atoms with E-state index in [1.54, 1.807) is 5.20 Å². The fourth-order valence-electron chi connectivity index (χ4n) is 1.01. The van der Waals surface area contributed by atoms with Crippen LogP contribution in [-0.4, -0.2) is 8.07 Å². The first-order valence-corrected chi connectivity index (χ1v) is 8.15. The predicted molar refractivity (Wildman–Crippen MR) is 58.1 cm³/mol. The highest BCUT2D eigenvalue weighted by molar-refractivity contribution is 14.1. The SMILES string of the molecule is C[Si](C)(C)C1=CC(I)=CC1. The molecule has 0 radical (unpaired) electrons. The quantitative estimate of drug-likeness (QED) is 0.502. The molecule has 0 aromatic carbocycles. The fourth-order valence-corrected chi connectivity index (χ4v) is 3.21. The van der Waals surface area contributed by atoms with E-state index in [1.807, 2.05) is 0 Å². The smallest absolute Gasteiger partial charge is 0.0728 e. The van der Waals surface area contributed by atoms with Gasteiger partial charge >= 0.3 is 0 Å². The fraction of sp³-hybridized carbons (Fsp3) is 0.500. The molecular formula is C8H13ISi. The second kappa shape index (κ2) is 2.81. The summed E-state index contributed by atoms with van der Waals surface area (Å²) in [5, 5.41) is 1.69. The van der Waals surface area contributed by atoms with Crippen LogP contribution in [0.2, 0.25) is 19.6 Å².